The Morgan fingerprint density at radius 3 is 2.39 bits per heavy atom. The van der Waals surface area contributed by atoms with Crippen LogP contribution in [0.2, 0.25) is 0 Å². The summed E-state index contributed by atoms with van der Waals surface area (Å²) >= 11 is 0. The van der Waals surface area contributed by atoms with Crippen LogP contribution in [0.25, 0.3) is 0 Å². The molecule has 18 heavy (non-hydrogen) atoms. The zero-order chi connectivity index (χ0) is 13.6. The van der Waals surface area contributed by atoms with Crippen LogP contribution in [0, 0.1) is 0 Å². The Balaban J connectivity index is 2.48. The Labute approximate surface area is 109 Å². The molecule has 0 spiro atoms. The highest BCUT2D eigenvalue weighted by molar-refractivity contribution is 5.77. The molecule has 0 heterocycles. The van der Waals surface area contributed by atoms with Crippen LogP contribution in [0.15, 0.2) is 30.3 Å². The summed E-state index contributed by atoms with van der Waals surface area (Å²) in [7, 11) is 0. The summed E-state index contributed by atoms with van der Waals surface area (Å²) in [5.41, 5.74) is 0.521. The number of carboxylic acid groups (broad SMARTS) is 1. The molecule has 3 nitrogen and oxygen atoms in total. The van der Waals surface area contributed by atoms with E-state index in [-0.39, 0.29) is 0 Å². The molecule has 0 atom stereocenters. The maximum Gasteiger partial charge on any atom is 0.323 e. The van der Waals surface area contributed by atoms with E-state index < -0.39 is 11.5 Å². The van der Waals surface area contributed by atoms with Gasteiger partial charge in [0.25, 0.3) is 0 Å². The van der Waals surface area contributed by atoms with Crippen molar-refractivity contribution >= 4 is 5.97 Å². The largest absolute Gasteiger partial charge is 0.480 e. The highest BCUT2D eigenvalue weighted by Crippen LogP contribution is 2.15. The summed E-state index contributed by atoms with van der Waals surface area (Å²) in [5, 5.41) is 9.22. The summed E-state index contributed by atoms with van der Waals surface area (Å²) in [6.07, 6.45) is 1.97. The number of nitrogens with zero attached hydrogens (tertiary/aromatic N) is 1. The van der Waals surface area contributed by atoms with Crippen LogP contribution in [0.4, 0.5) is 0 Å². The molecule has 0 amide bonds. The topological polar surface area (TPSA) is 40.5 Å². The Bertz CT molecular complexity index is 373. The summed E-state index contributed by atoms with van der Waals surface area (Å²) in [4.78, 5) is 13.2. The first kappa shape index (κ1) is 14.7. The highest BCUT2D eigenvalue weighted by Gasteiger charge is 2.32. The van der Waals surface area contributed by atoms with Crippen LogP contribution in [-0.4, -0.2) is 34.6 Å². The molecule has 0 bridgehead atoms. The first-order valence-electron chi connectivity index (χ1n) is 6.51. The van der Waals surface area contributed by atoms with E-state index in [2.05, 4.69) is 12.1 Å². The van der Waals surface area contributed by atoms with Crippen LogP contribution < -0.4 is 0 Å². The lowest BCUT2D eigenvalue weighted by atomic mass is 10.0. The standard InChI is InChI=1S/C15H23NO2/c1-4-16(15(2,3)14(17)18)12-8-11-13-9-6-5-7-10-13/h5-7,9-10H,4,8,11-12H2,1-3H3,(H,17,18). The first-order valence-corrected chi connectivity index (χ1v) is 6.51. The maximum atomic E-state index is 11.2. The fourth-order valence-corrected chi connectivity index (χ4v) is 2.09. The molecule has 0 saturated carbocycles. The van der Waals surface area contributed by atoms with Crippen molar-refractivity contribution in [1.82, 2.24) is 4.90 Å². The number of aliphatic carboxylic acids is 1. The van der Waals surface area contributed by atoms with Gasteiger partial charge in [-0.1, -0.05) is 37.3 Å². The lowest BCUT2D eigenvalue weighted by Crippen LogP contribution is -2.50. The van der Waals surface area contributed by atoms with Crippen molar-refractivity contribution in [3.8, 4) is 0 Å². The van der Waals surface area contributed by atoms with Gasteiger partial charge in [-0.3, -0.25) is 9.69 Å². The second-order valence-electron chi connectivity index (χ2n) is 5.03. The van der Waals surface area contributed by atoms with Gasteiger partial charge >= 0.3 is 5.97 Å². The van der Waals surface area contributed by atoms with Gasteiger partial charge in [0.05, 0.1) is 0 Å². The SMILES string of the molecule is CCN(CCCc1ccccc1)C(C)(C)C(=O)O. The average Bonchev–Trinajstić information content (AvgIpc) is 2.35. The fourth-order valence-electron chi connectivity index (χ4n) is 2.09. The Hall–Kier alpha value is -1.35. The van der Waals surface area contributed by atoms with Crippen molar-refractivity contribution in [3.05, 3.63) is 35.9 Å². The molecule has 1 aromatic rings. The van der Waals surface area contributed by atoms with Crippen molar-refractivity contribution in [2.45, 2.75) is 39.2 Å². The fraction of sp³-hybridized carbons (Fsp3) is 0.533. The van der Waals surface area contributed by atoms with Crippen LogP contribution >= 0.6 is 0 Å². The molecule has 0 aliphatic carbocycles. The molecule has 0 aliphatic heterocycles. The second-order valence-corrected chi connectivity index (χ2v) is 5.03. The number of likely N-dealkylation sites (N-methyl/N-ethyl adjacent to an activating group) is 1. The molecule has 1 rings (SSSR count). The van der Waals surface area contributed by atoms with Crippen LogP contribution in [0.1, 0.15) is 32.8 Å². The molecule has 0 aliphatic rings. The molecule has 0 saturated heterocycles. The molecule has 0 radical (unpaired) electrons. The predicted octanol–water partition coefficient (Wildman–Crippen LogP) is 2.80. The molecule has 3 heteroatoms. The number of hydrogen-bond acceptors (Lipinski definition) is 2. The quantitative estimate of drug-likeness (QED) is 0.807. The van der Waals surface area contributed by atoms with Gasteiger partial charge in [-0.25, -0.2) is 0 Å². The van der Waals surface area contributed by atoms with Crippen molar-refractivity contribution in [1.29, 1.82) is 0 Å². The van der Waals surface area contributed by atoms with E-state index in [4.69, 9.17) is 0 Å². The molecule has 1 N–H and O–H groups in total. The third kappa shape index (κ3) is 3.84. The minimum atomic E-state index is -0.786. The number of benzene rings is 1. The lowest BCUT2D eigenvalue weighted by molar-refractivity contribution is -0.149. The van der Waals surface area contributed by atoms with Crippen LogP contribution in [-0.2, 0) is 11.2 Å². The van der Waals surface area contributed by atoms with Gasteiger partial charge in [0.1, 0.15) is 5.54 Å². The minimum absolute atomic E-state index is 0.758. The first-order chi connectivity index (χ1) is 8.48. The Kier molecular flexibility index (Phi) is 5.35. The van der Waals surface area contributed by atoms with E-state index in [1.807, 2.05) is 30.0 Å². The second kappa shape index (κ2) is 6.55. The van der Waals surface area contributed by atoms with Gasteiger partial charge in [-0.15, -0.1) is 0 Å². The summed E-state index contributed by atoms with van der Waals surface area (Å²) in [6.45, 7) is 7.11. The Morgan fingerprint density at radius 1 is 1.28 bits per heavy atom. The molecular formula is C15H23NO2. The van der Waals surface area contributed by atoms with Gasteiger partial charge in [-0.2, -0.15) is 0 Å². The summed E-state index contributed by atoms with van der Waals surface area (Å²) < 4.78 is 0. The zero-order valence-corrected chi connectivity index (χ0v) is 11.5. The smallest absolute Gasteiger partial charge is 0.323 e. The van der Waals surface area contributed by atoms with Gasteiger partial charge in [0.15, 0.2) is 0 Å². The zero-order valence-electron chi connectivity index (χ0n) is 11.5. The third-order valence-electron chi connectivity index (χ3n) is 3.43. The van der Waals surface area contributed by atoms with Crippen molar-refractivity contribution < 1.29 is 9.90 Å². The molecule has 1 aromatic carbocycles. The predicted molar refractivity (Wildman–Crippen MR) is 73.7 cm³/mol. The molecule has 0 unspecified atom stereocenters. The van der Waals surface area contributed by atoms with Crippen molar-refractivity contribution in [2.75, 3.05) is 13.1 Å². The van der Waals surface area contributed by atoms with E-state index in [0.29, 0.717) is 0 Å². The molecule has 0 aromatic heterocycles. The van der Waals surface area contributed by atoms with Crippen LogP contribution in [0.3, 0.4) is 0 Å². The molecule has 0 fully saturated rings. The third-order valence-corrected chi connectivity index (χ3v) is 3.43. The number of aryl methyl sites for hydroxylation is 1. The molecular weight excluding hydrogens is 226 g/mol. The van der Waals surface area contributed by atoms with Crippen molar-refractivity contribution in [2.24, 2.45) is 0 Å². The van der Waals surface area contributed by atoms with E-state index >= 15 is 0 Å². The number of carbonyl (C=O) groups is 1. The molecule has 100 valence electrons. The average molecular weight is 249 g/mol. The highest BCUT2D eigenvalue weighted by atomic mass is 16.4. The van der Waals surface area contributed by atoms with Gasteiger partial charge in [-0.05, 0) is 45.3 Å². The number of rotatable bonds is 7. The van der Waals surface area contributed by atoms with E-state index in [9.17, 15) is 9.90 Å². The number of carboxylic acids is 1. The van der Waals surface area contributed by atoms with Crippen molar-refractivity contribution in [3.63, 3.8) is 0 Å². The lowest BCUT2D eigenvalue weighted by Gasteiger charge is -2.34. The van der Waals surface area contributed by atoms with Gasteiger partial charge in [0.2, 0.25) is 0 Å². The monoisotopic (exact) mass is 249 g/mol. The number of hydrogen-bond donors (Lipinski definition) is 1. The summed E-state index contributed by atoms with van der Waals surface area (Å²) in [5.74, 6) is -0.760. The van der Waals surface area contributed by atoms with E-state index in [1.54, 1.807) is 13.8 Å². The van der Waals surface area contributed by atoms with E-state index in [0.717, 1.165) is 25.9 Å². The maximum absolute atomic E-state index is 11.2. The van der Waals surface area contributed by atoms with Crippen LogP contribution in [0.5, 0.6) is 0 Å². The summed E-state index contributed by atoms with van der Waals surface area (Å²) in [6, 6.07) is 10.3. The Morgan fingerprint density at radius 2 is 1.89 bits per heavy atom. The normalized spacial score (nSPS) is 11.8. The minimum Gasteiger partial charge on any atom is -0.480 e. The van der Waals surface area contributed by atoms with Gasteiger partial charge in [0, 0.05) is 0 Å². The van der Waals surface area contributed by atoms with E-state index in [1.165, 1.54) is 5.56 Å². The van der Waals surface area contributed by atoms with Gasteiger partial charge < -0.3 is 5.11 Å².